The molecule has 0 aliphatic carbocycles. The largest absolute Gasteiger partial charge is 0.340 e. The van der Waals surface area contributed by atoms with Crippen molar-refractivity contribution in [3.8, 4) is 0 Å². The molecule has 152 valence electrons. The van der Waals surface area contributed by atoms with Crippen LogP contribution in [-0.4, -0.2) is 55.4 Å². The molecule has 2 rings (SSSR count). The zero-order chi connectivity index (χ0) is 20.5. The lowest BCUT2D eigenvalue weighted by atomic mass is 10.1. The number of aromatic nitrogens is 1. The fraction of sp³-hybridized carbons (Fsp3) is 0.476. The molecular formula is C21H31N4O2S+. The van der Waals surface area contributed by atoms with Gasteiger partial charge in [0.05, 0.1) is 32.9 Å². The number of anilines is 1. The van der Waals surface area contributed by atoms with E-state index in [-0.39, 0.29) is 18.4 Å². The number of nitrogens with zero attached hydrogens (tertiary/aromatic N) is 2. The van der Waals surface area contributed by atoms with Crippen molar-refractivity contribution in [2.45, 2.75) is 33.1 Å². The van der Waals surface area contributed by atoms with E-state index in [0.717, 1.165) is 29.1 Å². The van der Waals surface area contributed by atoms with Gasteiger partial charge in [-0.3, -0.25) is 9.59 Å². The van der Waals surface area contributed by atoms with Gasteiger partial charge in [-0.25, -0.2) is 4.98 Å². The Balaban J connectivity index is 1.94. The fourth-order valence-corrected chi connectivity index (χ4v) is 3.66. The maximum Gasteiger partial charge on any atom is 0.245 e. The minimum Gasteiger partial charge on any atom is -0.340 e. The first-order chi connectivity index (χ1) is 13.3. The summed E-state index contributed by atoms with van der Waals surface area (Å²) in [4.78, 5) is 33.7. The molecule has 6 nitrogen and oxygen atoms in total. The fourth-order valence-electron chi connectivity index (χ4n) is 2.83. The van der Waals surface area contributed by atoms with Gasteiger partial charge in [-0.05, 0) is 25.8 Å². The first-order valence-electron chi connectivity index (χ1n) is 9.69. The van der Waals surface area contributed by atoms with Crippen LogP contribution in [0.2, 0.25) is 0 Å². The molecule has 2 N–H and O–H groups in total. The molecule has 7 heteroatoms. The van der Waals surface area contributed by atoms with Crippen molar-refractivity contribution < 1.29 is 14.5 Å². The van der Waals surface area contributed by atoms with Gasteiger partial charge >= 0.3 is 0 Å². The Kier molecular flexibility index (Phi) is 8.60. The average Bonchev–Trinajstić information content (AvgIpc) is 2.96. The minimum atomic E-state index is -0.195. The summed E-state index contributed by atoms with van der Waals surface area (Å²) in [6.07, 6.45) is 1.95. The molecule has 1 aromatic heterocycles. The Morgan fingerprint density at radius 3 is 2.50 bits per heavy atom. The van der Waals surface area contributed by atoms with E-state index in [2.05, 4.69) is 24.4 Å². The molecule has 1 heterocycles. The maximum absolute atomic E-state index is 12.8. The van der Waals surface area contributed by atoms with Crippen LogP contribution in [0.15, 0.2) is 30.3 Å². The van der Waals surface area contributed by atoms with Gasteiger partial charge in [0.25, 0.3) is 0 Å². The Labute approximate surface area is 171 Å². The molecule has 2 amide bonds. The van der Waals surface area contributed by atoms with E-state index in [1.165, 1.54) is 16.2 Å². The second-order valence-electron chi connectivity index (χ2n) is 7.32. The summed E-state index contributed by atoms with van der Waals surface area (Å²) in [7, 11) is 4.17. The van der Waals surface area contributed by atoms with Gasteiger partial charge in [0.15, 0.2) is 5.13 Å². The molecular weight excluding hydrogens is 372 g/mol. The van der Waals surface area contributed by atoms with Crippen LogP contribution in [0.25, 0.3) is 0 Å². The second kappa shape index (κ2) is 10.9. The number of aryl methyl sites for hydroxylation is 3. The predicted molar refractivity (Wildman–Crippen MR) is 114 cm³/mol. The molecule has 28 heavy (non-hydrogen) atoms. The molecule has 0 spiro atoms. The third-order valence-corrected chi connectivity index (χ3v) is 5.53. The van der Waals surface area contributed by atoms with Gasteiger partial charge < -0.3 is 15.1 Å². The van der Waals surface area contributed by atoms with Gasteiger partial charge in [-0.1, -0.05) is 30.3 Å². The van der Waals surface area contributed by atoms with E-state index < -0.39 is 0 Å². The van der Waals surface area contributed by atoms with E-state index in [4.69, 9.17) is 0 Å². The molecule has 2 aromatic rings. The third-order valence-electron chi connectivity index (χ3n) is 4.54. The smallest absolute Gasteiger partial charge is 0.245 e. The summed E-state index contributed by atoms with van der Waals surface area (Å²) in [5, 5.41) is 3.42. The number of hydrogen-bond donors (Lipinski definition) is 2. The predicted octanol–water partition coefficient (Wildman–Crippen LogP) is 1.69. The molecule has 1 aromatic carbocycles. The molecule has 0 fully saturated rings. The number of amides is 2. The Morgan fingerprint density at radius 2 is 1.89 bits per heavy atom. The standard InChI is InChI=1S/C21H30N4O2S/c1-16-17(2)28-21(22-16)23-19(26)15-25(14-8-13-24(3)4)20(27)12-11-18-9-6-5-7-10-18/h5-7,9-10H,8,11-15H2,1-4H3,(H,22,23,26)/p+1. The summed E-state index contributed by atoms with van der Waals surface area (Å²) >= 11 is 1.46. The molecule has 0 aliphatic rings. The zero-order valence-corrected chi connectivity index (χ0v) is 18.1. The van der Waals surface area contributed by atoms with Gasteiger partial charge in [0, 0.05) is 24.3 Å². The third kappa shape index (κ3) is 7.40. The monoisotopic (exact) mass is 403 g/mol. The minimum absolute atomic E-state index is 0.0132. The number of thiazole rings is 1. The van der Waals surface area contributed by atoms with Crippen molar-refractivity contribution in [2.24, 2.45) is 0 Å². The number of quaternary nitrogens is 1. The van der Waals surface area contributed by atoms with Crippen LogP contribution in [0.1, 0.15) is 29.0 Å². The molecule has 0 atom stereocenters. The van der Waals surface area contributed by atoms with Crippen LogP contribution in [0.3, 0.4) is 0 Å². The summed E-state index contributed by atoms with van der Waals surface area (Å²) < 4.78 is 0. The van der Waals surface area contributed by atoms with Crippen LogP contribution in [0, 0.1) is 13.8 Å². The van der Waals surface area contributed by atoms with Crippen molar-refractivity contribution in [2.75, 3.05) is 39.0 Å². The second-order valence-corrected chi connectivity index (χ2v) is 8.52. The quantitative estimate of drug-likeness (QED) is 0.635. The van der Waals surface area contributed by atoms with E-state index in [0.29, 0.717) is 24.5 Å². The van der Waals surface area contributed by atoms with Crippen LogP contribution in [-0.2, 0) is 16.0 Å². The van der Waals surface area contributed by atoms with Crippen molar-refractivity contribution >= 4 is 28.3 Å². The first-order valence-corrected chi connectivity index (χ1v) is 10.5. The van der Waals surface area contributed by atoms with Gasteiger partial charge in [-0.2, -0.15) is 0 Å². The molecule has 0 saturated heterocycles. The number of benzene rings is 1. The average molecular weight is 404 g/mol. The first kappa shape index (κ1) is 22.0. The Hall–Kier alpha value is -2.25. The van der Waals surface area contributed by atoms with Crippen molar-refractivity contribution in [1.82, 2.24) is 9.88 Å². The van der Waals surface area contributed by atoms with E-state index in [9.17, 15) is 9.59 Å². The Morgan fingerprint density at radius 1 is 1.18 bits per heavy atom. The van der Waals surface area contributed by atoms with Crippen molar-refractivity contribution in [3.05, 3.63) is 46.5 Å². The SMILES string of the molecule is Cc1nc(NC(=O)CN(CCC[NH+](C)C)C(=O)CCc2ccccc2)sc1C. The van der Waals surface area contributed by atoms with Gasteiger partial charge in [0.1, 0.15) is 0 Å². The molecule has 0 radical (unpaired) electrons. The number of rotatable bonds is 10. The topological polar surface area (TPSA) is 66.7 Å². The van der Waals surface area contributed by atoms with E-state index in [1.807, 2.05) is 44.2 Å². The zero-order valence-electron chi connectivity index (χ0n) is 17.2. The van der Waals surface area contributed by atoms with Gasteiger partial charge in [0.2, 0.25) is 11.8 Å². The lowest BCUT2D eigenvalue weighted by Crippen LogP contribution is -3.05. The molecule has 0 saturated carbocycles. The lowest BCUT2D eigenvalue weighted by Gasteiger charge is -2.22. The highest BCUT2D eigenvalue weighted by Crippen LogP contribution is 2.21. The number of nitrogens with one attached hydrogen (secondary N) is 2. The Bertz CT molecular complexity index is 754. The van der Waals surface area contributed by atoms with Crippen LogP contribution in [0.4, 0.5) is 5.13 Å². The van der Waals surface area contributed by atoms with E-state index >= 15 is 0 Å². The molecule has 0 aliphatic heterocycles. The molecule has 0 unspecified atom stereocenters. The number of carbonyl (C=O) groups excluding carboxylic acids is 2. The summed E-state index contributed by atoms with van der Waals surface area (Å²) in [5.41, 5.74) is 2.05. The maximum atomic E-state index is 12.8. The molecule has 0 bridgehead atoms. The highest BCUT2D eigenvalue weighted by molar-refractivity contribution is 7.15. The number of carbonyl (C=O) groups is 2. The summed E-state index contributed by atoms with van der Waals surface area (Å²) in [6.45, 7) is 5.50. The highest BCUT2D eigenvalue weighted by atomic mass is 32.1. The van der Waals surface area contributed by atoms with Crippen molar-refractivity contribution in [3.63, 3.8) is 0 Å². The van der Waals surface area contributed by atoms with Gasteiger partial charge in [-0.15, -0.1) is 11.3 Å². The van der Waals surface area contributed by atoms with Crippen LogP contribution >= 0.6 is 11.3 Å². The van der Waals surface area contributed by atoms with Crippen molar-refractivity contribution in [1.29, 1.82) is 0 Å². The summed E-state index contributed by atoms with van der Waals surface area (Å²) in [5.74, 6) is -0.182. The normalized spacial score (nSPS) is 10.9. The lowest BCUT2D eigenvalue weighted by molar-refractivity contribution is -0.858. The van der Waals surface area contributed by atoms with Crippen LogP contribution < -0.4 is 10.2 Å². The highest BCUT2D eigenvalue weighted by Gasteiger charge is 2.18. The number of hydrogen-bond acceptors (Lipinski definition) is 4. The summed E-state index contributed by atoms with van der Waals surface area (Å²) in [6, 6.07) is 9.96. The van der Waals surface area contributed by atoms with Crippen LogP contribution in [0.5, 0.6) is 0 Å². The van der Waals surface area contributed by atoms with E-state index in [1.54, 1.807) is 4.90 Å².